The Bertz CT molecular complexity index is 678. The summed E-state index contributed by atoms with van der Waals surface area (Å²) in [6.07, 6.45) is 2.27. The highest BCUT2D eigenvalue weighted by Crippen LogP contribution is 2.27. The van der Waals surface area contributed by atoms with Crippen molar-refractivity contribution >= 4 is 32.1 Å². The molecule has 0 spiro atoms. The molecule has 0 atom stereocenters. The lowest BCUT2D eigenvalue weighted by Crippen LogP contribution is -2.30. The fourth-order valence-electron chi connectivity index (χ4n) is 1.80. The van der Waals surface area contributed by atoms with Crippen molar-refractivity contribution in [3.05, 3.63) is 11.6 Å². The van der Waals surface area contributed by atoms with Crippen molar-refractivity contribution in [2.45, 2.75) is 11.4 Å². The van der Waals surface area contributed by atoms with Gasteiger partial charge in [-0.2, -0.15) is 9.29 Å². The number of fused-ring (bicyclic) bond motifs is 1. The van der Waals surface area contributed by atoms with Gasteiger partial charge in [0.05, 0.1) is 0 Å². The van der Waals surface area contributed by atoms with Crippen molar-refractivity contribution in [3.8, 4) is 0 Å². The lowest BCUT2D eigenvalue weighted by atomic mass is 10.5. The Morgan fingerprint density at radius 2 is 2.35 bits per heavy atom. The van der Waals surface area contributed by atoms with E-state index in [2.05, 4.69) is 10.4 Å². The number of nitrogen functional groups attached to an aromatic ring is 1. The number of nitrogens with one attached hydrogen (secondary N) is 1. The Hall–Kier alpha value is -1.20. The van der Waals surface area contributed by atoms with Crippen LogP contribution in [0.3, 0.4) is 0 Å². The first kappa shape index (κ1) is 15.2. The maximum atomic E-state index is 12.6. The minimum Gasteiger partial charge on any atom is -0.385 e. The minimum absolute atomic E-state index is 0.0520. The molecule has 3 N–H and O–H groups in total. The molecule has 20 heavy (non-hydrogen) atoms. The lowest BCUT2D eigenvalue weighted by molar-refractivity contribution is 0.189. The van der Waals surface area contributed by atoms with E-state index in [0.717, 1.165) is 0 Å². The Kier molecular flexibility index (Phi) is 4.60. The van der Waals surface area contributed by atoms with E-state index in [9.17, 15) is 8.42 Å². The van der Waals surface area contributed by atoms with Crippen LogP contribution in [-0.2, 0) is 14.8 Å². The fraction of sp³-hybridized carbons (Fsp3) is 0.500. The first-order valence-electron chi connectivity index (χ1n) is 5.89. The molecule has 112 valence electrons. The fourth-order valence-corrected chi connectivity index (χ4v) is 3.99. The SMILES string of the molecule is COCCCN(C)S(=O)(=O)c1c(NN)nc2sccn12. The predicted molar refractivity (Wildman–Crippen MR) is 77.2 cm³/mol. The van der Waals surface area contributed by atoms with E-state index >= 15 is 0 Å². The summed E-state index contributed by atoms with van der Waals surface area (Å²) in [7, 11) is -0.568. The Labute approximate surface area is 121 Å². The van der Waals surface area contributed by atoms with Gasteiger partial charge in [-0.3, -0.25) is 4.40 Å². The van der Waals surface area contributed by atoms with Crippen LogP contribution < -0.4 is 11.3 Å². The van der Waals surface area contributed by atoms with Gasteiger partial charge in [-0.05, 0) is 6.42 Å². The molecule has 0 aliphatic heterocycles. The second kappa shape index (κ2) is 6.06. The van der Waals surface area contributed by atoms with Gasteiger partial charge in [0.25, 0.3) is 10.0 Å². The topological polar surface area (TPSA) is 102 Å². The number of ether oxygens (including phenoxy) is 1. The molecule has 0 unspecified atom stereocenters. The van der Waals surface area contributed by atoms with Gasteiger partial charge in [0.15, 0.2) is 10.8 Å². The van der Waals surface area contributed by atoms with Crippen molar-refractivity contribution in [3.63, 3.8) is 0 Å². The smallest absolute Gasteiger partial charge is 0.262 e. The molecule has 10 heteroatoms. The molecule has 2 heterocycles. The molecular formula is C10H17N5O3S2. The molecule has 2 aromatic heterocycles. The molecule has 0 bridgehead atoms. The molecule has 2 aromatic rings. The number of sulfonamides is 1. The van der Waals surface area contributed by atoms with Crippen LogP contribution in [0, 0.1) is 0 Å². The van der Waals surface area contributed by atoms with Crippen molar-refractivity contribution in [1.82, 2.24) is 13.7 Å². The van der Waals surface area contributed by atoms with Gasteiger partial charge in [-0.1, -0.05) is 0 Å². The van der Waals surface area contributed by atoms with E-state index in [0.29, 0.717) is 24.5 Å². The molecule has 0 aliphatic rings. The van der Waals surface area contributed by atoms with Gasteiger partial charge in [-0.25, -0.2) is 14.3 Å². The van der Waals surface area contributed by atoms with Gasteiger partial charge in [0, 0.05) is 38.9 Å². The zero-order chi connectivity index (χ0) is 14.8. The summed E-state index contributed by atoms with van der Waals surface area (Å²) in [6, 6.07) is 0. The van der Waals surface area contributed by atoms with Crippen molar-refractivity contribution in [2.75, 3.05) is 32.7 Å². The van der Waals surface area contributed by atoms with Gasteiger partial charge < -0.3 is 10.2 Å². The quantitative estimate of drug-likeness (QED) is 0.433. The number of nitrogens with two attached hydrogens (primary N) is 1. The highest BCUT2D eigenvalue weighted by molar-refractivity contribution is 7.89. The molecule has 8 nitrogen and oxygen atoms in total. The largest absolute Gasteiger partial charge is 0.385 e. The van der Waals surface area contributed by atoms with Gasteiger partial charge >= 0.3 is 0 Å². The maximum Gasteiger partial charge on any atom is 0.262 e. The third kappa shape index (κ3) is 2.65. The number of hydrogen-bond donors (Lipinski definition) is 2. The number of imidazole rings is 1. The van der Waals surface area contributed by atoms with Crippen LogP contribution in [0.2, 0.25) is 0 Å². The predicted octanol–water partition coefficient (Wildman–Crippen LogP) is 0.338. The van der Waals surface area contributed by atoms with Crippen LogP contribution in [-0.4, -0.2) is 49.4 Å². The van der Waals surface area contributed by atoms with E-state index in [1.807, 2.05) is 0 Å². The number of aromatic nitrogens is 2. The summed E-state index contributed by atoms with van der Waals surface area (Å²) in [5, 5.41) is 1.82. The number of hydrogen-bond acceptors (Lipinski definition) is 7. The van der Waals surface area contributed by atoms with Crippen LogP contribution in [0.4, 0.5) is 5.82 Å². The highest BCUT2D eigenvalue weighted by atomic mass is 32.2. The van der Waals surface area contributed by atoms with Gasteiger partial charge in [0.1, 0.15) is 0 Å². The van der Waals surface area contributed by atoms with Gasteiger partial charge in [0.2, 0.25) is 5.03 Å². The summed E-state index contributed by atoms with van der Waals surface area (Å²) >= 11 is 1.34. The summed E-state index contributed by atoms with van der Waals surface area (Å²) in [6.45, 7) is 0.861. The molecule has 0 radical (unpaired) electrons. The van der Waals surface area contributed by atoms with Gasteiger partial charge in [-0.15, -0.1) is 11.3 Å². The standard InChI is InChI=1S/C10H17N5O3S2/c1-14(4-3-6-18-2)20(16,17)9-8(13-11)12-10-15(9)5-7-19-10/h5,7,13H,3-4,6,11H2,1-2H3. The number of methoxy groups -OCH3 is 1. The summed E-state index contributed by atoms with van der Waals surface area (Å²) < 4.78 is 32.9. The number of hydrazine groups is 1. The molecule has 2 rings (SSSR count). The minimum atomic E-state index is -3.67. The second-order valence-electron chi connectivity index (χ2n) is 4.14. The third-order valence-electron chi connectivity index (χ3n) is 2.83. The van der Waals surface area contributed by atoms with Crippen molar-refractivity contribution in [1.29, 1.82) is 0 Å². The van der Waals surface area contributed by atoms with Crippen LogP contribution in [0.5, 0.6) is 0 Å². The van der Waals surface area contributed by atoms with Crippen molar-refractivity contribution < 1.29 is 13.2 Å². The zero-order valence-electron chi connectivity index (χ0n) is 11.2. The maximum absolute atomic E-state index is 12.6. The average molecular weight is 319 g/mol. The number of nitrogens with zero attached hydrogens (tertiary/aromatic N) is 3. The first-order chi connectivity index (χ1) is 9.52. The van der Waals surface area contributed by atoms with Crippen LogP contribution >= 0.6 is 11.3 Å². The molecule has 0 amide bonds. The van der Waals surface area contributed by atoms with E-state index in [1.165, 1.54) is 27.1 Å². The summed E-state index contributed by atoms with van der Waals surface area (Å²) in [5.41, 5.74) is 2.34. The lowest BCUT2D eigenvalue weighted by Gasteiger charge is -2.17. The van der Waals surface area contributed by atoms with E-state index in [-0.39, 0.29) is 10.8 Å². The Morgan fingerprint density at radius 3 is 3.00 bits per heavy atom. The van der Waals surface area contributed by atoms with E-state index in [1.54, 1.807) is 18.7 Å². The highest BCUT2D eigenvalue weighted by Gasteiger charge is 2.29. The summed E-state index contributed by atoms with van der Waals surface area (Å²) in [4.78, 5) is 4.72. The number of rotatable bonds is 7. The second-order valence-corrected chi connectivity index (χ2v) is 6.97. The molecule has 0 fully saturated rings. The Balaban J connectivity index is 2.37. The van der Waals surface area contributed by atoms with Crippen LogP contribution in [0.1, 0.15) is 6.42 Å². The van der Waals surface area contributed by atoms with Crippen molar-refractivity contribution in [2.24, 2.45) is 5.84 Å². The van der Waals surface area contributed by atoms with E-state index < -0.39 is 10.0 Å². The zero-order valence-corrected chi connectivity index (χ0v) is 12.9. The Morgan fingerprint density at radius 1 is 1.60 bits per heavy atom. The third-order valence-corrected chi connectivity index (χ3v) is 5.47. The van der Waals surface area contributed by atoms with Crippen LogP contribution in [0.15, 0.2) is 16.6 Å². The average Bonchev–Trinajstić information content (AvgIpc) is 2.97. The molecule has 0 saturated carbocycles. The monoisotopic (exact) mass is 319 g/mol. The molecule has 0 aliphatic carbocycles. The molecular weight excluding hydrogens is 302 g/mol. The number of anilines is 1. The molecule has 0 saturated heterocycles. The summed E-state index contributed by atoms with van der Waals surface area (Å²) in [5.74, 6) is 5.52. The molecule has 0 aromatic carbocycles. The first-order valence-corrected chi connectivity index (χ1v) is 8.21. The number of thiazole rings is 1. The van der Waals surface area contributed by atoms with Crippen LogP contribution in [0.25, 0.3) is 4.96 Å². The van der Waals surface area contributed by atoms with E-state index in [4.69, 9.17) is 10.6 Å². The normalized spacial score (nSPS) is 12.4.